The van der Waals surface area contributed by atoms with Gasteiger partial charge in [0.1, 0.15) is 0 Å². The van der Waals surface area contributed by atoms with Gasteiger partial charge < -0.3 is 5.21 Å². The minimum atomic E-state index is -0.651. The van der Waals surface area contributed by atoms with Crippen LogP contribution in [0.5, 0.6) is 0 Å². The van der Waals surface area contributed by atoms with Crippen LogP contribution in [0.4, 0.5) is 11.4 Å². The molecule has 1 aromatic heterocycles. The number of nitroso groups, excluding NO2 is 1. The Bertz CT molecular complexity index is 446. The maximum Gasteiger partial charge on any atom is 0.309 e. The largest absolute Gasteiger partial charge is 0.618 e. The monoisotopic (exact) mass is 226 g/mol. The normalized spacial score (nSPS) is 9.88. The molecule has 1 N–H and O–H groups in total. The van der Waals surface area contributed by atoms with E-state index in [2.05, 4.69) is 5.29 Å². The molecule has 0 radical (unpaired) electrons. The molecule has 0 atom stereocenters. The fourth-order valence-corrected chi connectivity index (χ4v) is 1.55. The van der Waals surface area contributed by atoms with Gasteiger partial charge in [0, 0.05) is 6.42 Å². The Morgan fingerprint density at radius 1 is 1.62 bits per heavy atom. The number of nitrogens with one attached hydrogen (secondary N) is 1. The van der Waals surface area contributed by atoms with Crippen molar-refractivity contribution in [1.82, 2.24) is 0 Å². The first-order valence-corrected chi connectivity index (χ1v) is 4.51. The smallest absolute Gasteiger partial charge is 0.309 e. The number of nitro groups is 1. The zero-order valence-electron chi connectivity index (χ0n) is 8.76. The van der Waals surface area contributed by atoms with Crippen molar-refractivity contribution in [2.24, 2.45) is 5.29 Å². The number of hydrogen-bond acceptors (Lipinski definition) is 5. The highest BCUT2D eigenvalue weighted by Crippen LogP contribution is 2.28. The summed E-state index contributed by atoms with van der Waals surface area (Å²) in [5.74, 6) is 0. The zero-order chi connectivity index (χ0) is 12.3. The van der Waals surface area contributed by atoms with Gasteiger partial charge in [-0.25, -0.2) is 5.43 Å². The molecule has 1 aromatic rings. The fraction of sp³-hybridized carbons (Fsp3) is 0.375. The number of pyridine rings is 1. The summed E-state index contributed by atoms with van der Waals surface area (Å²) in [6.45, 7) is 3.17. The summed E-state index contributed by atoms with van der Waals surface area (Å²) < 4.78 is 0.496. The van der Waals surface area contributed by atoms with Crippen LogP contribution >= 0.6 is 0 Å². The lowest BCUT2D eigenvalue weighted by atomic mass is 10.1. The molecule has 0 saturated carbocycles. The summed E-state index contributed by atoms with van der Waals surface area (Å²) in [4.78, 5) is 20.2. The standard InChI is InChI=1S/C8H10N4O4/c1-3-7-5(2)8(12(15)16)6(9-10-13)4-11(7)14/h4H,3H2,1-2H3,(H,9,13). The molecule has 0 aliphatic rings. The van der Waals surface area contributed by atoms with E-state index in [1.54, 1.807) is 6.92 Å². The SMILES string of the molecule is CCc1c(C)c([N+](=O)[O-])c(NN=O)c[n+]1[O-]. The Morgan fingerprint density at radius 2 is 2.25 bits per heavy atom. The van der Waals surface area contributed by atoms with Crippen molar-refractivity contribution in [3.05, 3.63) is 37.7 Å². The van der Waals surface area contributed by atoms with Gasteiger partial charge in [-0.3, -0.25) is 10.1 Å². The third kappa shape index (κ3) is 1.90. The van der Waals surface area contributed by atoms with Gasteiger partial charge in [-0.2, -0.15) is 4.73 Å². The van der Waals surface area contributed by atoms with Crippen LogP contribution in [0, 0.1) is 27.2 Å². The summed E-state index contributed by atoms with van der Waals surface area (Å²) in [5, 5.41) is 24.6. The second kappa shape index (κ2) is 4.51. The highest BCUT2D eigenvalue weighted by Gasteiger charge is 2.26. The molecule has 1 rings (SSSR count). The van der Waals surface area contributed by atoms with Gasteiger partial charge in [0.25, 0.3) is 0 Å². The van der Waals surface area contributed by atoms with Crippen molar-refractivity contribution < 1.29 is 9.65 Å². The third-order valence-corrected chi connectivity index (χ3v) is 2.24. The van der Waals surface area contributed by atoms with Crippen LogP contribution in [0.3, 0.4) is 0 Å². The molecule has 0 unspecified atom stereocenters. The summed E-state index contributed by atoms with van der Waals surface area (Å²) in [5.41, 5.74) is 1.92. The Kier molecular flexibility index (Phi) is 3.33. The summed E-state index contributed by atoms with van der Waals surface area (Å²) in [6, 6.07) is 0. The van der Waals surface area contributed by atoms with E-state index in [4.69, 9.17) is 0 Å². The van der Waals surface area contributed by atoms with E-state index >= 15 is 0 Å². The molecular weight excluding hydrogens is 216 g/mol. The molecule has 0 bridgehead atoms. The lowest BCUT2D eigenvalue weighted by Crippen LogP contribution is -2.33. The van der Waals surface area contributed by atoms with Crippen molar-refractivity contribution in [3.8, 4) is 0 Å². The van der Waals surface area contributed by atoms with Crippen molar-refractivity contribution in [2.45, 2.75) is 20.3 Å². The van der Waals surface area contributed by atoms with Crippen molar-refractivity contribution in [3.63, 3.8) is 0 Å². The quantitative estimate of drug-likeness (QED) is 0.272. The van der Waals surface area contributed by atoms with E-state index in [1.165, 1.54) is 6.92 Å². The van der Waals surface area contributed by atoms with Crippen molar-refractivity contribution in [2.75, 3.05) is 5.43 Å². The first-order chi connectivity index (χ1) is 7.52. The number of rotatable bonds is 4. The molecule has 0 amide bonds. The van der Waals surface area contributed by atoms with E-state index in [-0.39, 0.29) is 16.9 Å². The van der Waals surface area contributed by atoms with E-state index in [9.17, 15) is 20.2 Å². The maximum atomic E-state index is 11.5. The highest BCUT2D eigenvalue weighted by atomic mass is 16.6. The van der Waals surface area contributed by atoms with Crippen molar-refractivity contribution >= 4 is 11.4 Å². The van der Waals surface area contributed by atoms with Crippen LogP contribution in [0.25, 0.3) is 0 Å². The van der Waals surface area contributed by atoms with Gasteiger partial charge >= 0.3 is 5.69 Å². The average Bonchev–Trinajstić information content (AvgIpc) is 2.17. The summed E-state index contributed by atoms with van der Waals surface area (Å²) in [6.07, 6.45) is 1.30. The fourth-order valence-electron chi connectivity index (χ4n) is 1.55. The van der Waals surface area contributed by atoms with E-state index in [1.807, 2.05) is 5.43 Å². The first kappa shape index (κ1) is 11.8. The second-order valence-corrected chi connectivity index (χ2v) is 3.10. The Labute approximate surface area is 90.6 Å². The van der Waals surface area contributed by atoms with Crippen LogP contribution in [-0.2, 0) is 6.42 Å². The van der Waals surface area contributed by atoms with Crippen LogP contribution in [-0.4, -0.2) is 4.92 Å². The lowest BCUT2D eigenvalue weighted by molar-refractivity contribution is -0.614. The van der Waals surface area contributed by atoms with Gasteiger partial charge in [0.05, 0.1) is 15.8 Å². The van der Waals surface area contributed by atoms with Crippen LogP contribution in [0.15, 0.2) is 11.5 Å². The molecule has 0 aliphatic carbocycles. The van der Waals surface area contributed by atoms with Gasteiger partial charge in [-0.15, -0.1) is 4.91 Å². The number of nitrogens with zero attached hydrogens (tertiary/aromatic N) is 3. The maximum absolute atomic E-state index is 11.5. The van der Waals surface area contributed by atoms with Crippen LogP contribution in [0.1, 0.15) is 18.2 Å². The Balaban J connectivity index is 3.51. The predicted molar refractivity (Wildman–Crippen MR) is 55.6 cm³/mol. The Hall–Kier alpha value is -2.25. The lowest BCUT2D eigenvalue weighted by Gasteiger charge is -2.08. The predicted octanol–water partition coefficient (Wildman–Crippen LogP) is 1.19. The van der Waals surface area contributed by atoms with Crippen molar-refractivity contribution in [1.29, 1.82) is 0 Å². The first-order valence-electron chi connectivity index (χ1n) is 4.51. The molecule has 86 valence electrons. The summed E-state index contributed by atoms with van der Waals surface area (Å²) in [7, 11) is 0. The topological polar surface area (TPSA) is 112 Å². The van der Waals surface area contributed by atoms with E-state index in [0.717, 1.165) is 6.20 Å². The molecule has 0 aromatic carbocycles. The van der Waals surface area contributed by atoms with Gasteiger partial charge in [-0.1, -0.05) is 6.92 Å². The number of aromatic nitrogens is 1. The summed E-state index contributed by atoms with van der Waals surface area (Å²) >= 11 is 0. The molecule has 1 heterocycles. The molecule has 8 heteroatoms. The molecule has 8 nitrogen and oxygen atoms in total. The molecule has 0 spiro atoms. The van der Waals surface area contributed by atoms with Gasteiger partial charge in [0.15, 0.2) is 0 Å². The molecule has 16 heavy (non-hydrogen) atoms. The number of hydrogen-bond donors (Lipinski definition) is 1. The molecular formula is C8H10N4O4. The second-order valence-electron chi connectivity index (χ2n) is 3.10. The molecule has 0 aliphatic heterocycles. The highest BCUT2D eigenvalue weighted by molar-refractivity contribution is 5.63. The van der Waals surface area contributed by atoms with Crippen LogP contribution < -0.4 is 10.2 Å². The van der Waals surface area contributed by atoms with E-state index < -0.39 is 4.92 Å². The molecule has 0 fully saturated rings. The van der Waals surface area contributed by atoms with Crippen LogP contribution in [0.2, 0.25) is 0 Å². The number of anilines is 1. The third-order valence-electron chi connectivity index (χ3n) is 2.24. The Morgan fingerprint density at radius 3 is 2.69 bits per heavy atom. The zero-order valence-corrected chi connectivity index (χ0v) is 8.76. The molecule has 0 saturated heterocycles. The average molecular weight is 226 g/mol. The minimum absolute atomic E-state index is 0.204. The van der Waals surface area contributed by atoms with E-state index in [0.29, 0.717) is 16.8 Å². The van der Waals surface area contributed by atoms with Gasteiger partial charge in [-0.05, 0) is 6.92 Å². The van der Waals surface area contributed by atoms with Gasteiger partial charge in [0.2, 0.25) is 17.6 Å². The minimum Gasteiger partial charge on any atom is -0.618 e.